The van der Waals surface area contributed by atoms with Crippen LogP contribution in [0.3, 0.4) is 0 Å². The molecule has 0 N–H and O–H groups in total. The summed E-state index contributed by atoms with van der Waals surface area (Å²) < 4.78 is 10.7. The fraction of sp³-hybridized carbons (Fsp3) is 0.217. The van der Waals surface area contributed by atoms with Crippen molar-refractivity contribution in [1.82, 2.24) is 4.90 Å². The van der Waals surface area contributed by atoms with E-state index in [1.54, 1.807) is 31.2 Å². The molecule has 31 heavy (non-hydrogen) atoms. The van der Waals surface area contributed by atoms with Gasteiger partial charge in [0.1, 0.15) is 23.2 Å². The first-order valence-corrected chi connectivity index (χ1v) is 9.88. The van der Waals surface area contributed by atoms with Crippen LogP contribution in [0.1, 0.15) is 26.0 Å². The van der Waals surface area contributed by atoms with Gasteiger partial charge in [0.25, 0.3) is 11.8 Å². The van der Waals surface area contributed by atoms with E-state index in [1.165, 1.54) is 13.0 Å². The molecule has 0 unspecified atom stereocenters. The van der Waals surface area contributed by atoms with Crippen molar-refractivity contribution in [2.75, 3.05) is 13.2 Å². The molecule has 0 bridgehead atoms. The molecule has 0 saturated heterocycles. The summed E-state index contributed by atoms with van der Waals surface area (Å²) in [5.41, 5.74) is 1.19. The van der Waals surface area contributed by atoms with Crippen LogP contribution < -0.4 is 0 Å². The van der Waals surface area contributed by atoms with Crippen molar-refractivity contribution in [2.24, 2.45) is 0 Å². The van der Waals surface area contributed by atoms with Crippen molar-refractivity contribution in [1.29, 1.82) is 5.26 Å². The number of hydrogen-bond acceptors (Lipinski definition) is 6. The molecule has 8 heteroatoms. The number of carbonyl (C=O) groups is 3. The van der Waals surface area contributed by atoms with Crippen LogP contribution in [0.2, 0.25) is 5.02 Å². The monoisotopic (exact) mass is 438 g/mol. The molecule has 2 amide bonds. The molecule has 0 fully saturated rings. The number of nitriles is 1. The predicted molar refractivity (Wildman–Crippen MR) is 113 cm³/mol. The molecule has 2 heterocycles. The highest BCUT2D eigenvalue weighted by atomic mass is 35.5. The Balaban J connectivity index is 1.89. The molecular formula is C23H19ClN2O5. The smallest absolute Gasteiger partial charge is 0.302 e. The summed E-state index contributed by atoms with van der Waals surface area (Å²) >= 11 is 5.91. The van der Waals surface area contributed by atoms with E-state index in [2.05, 4.69) is 0 Å². The zero-order chi connectivity index (χ0) is 22.5. The number of furan rings is 1. The van der Waals surface area contributed by atoms with Crippen molar-refractivity contribution in [3.05, 3.63) is 63.9 Å². The zero-order valence-electron chi connectivity index (χ0n) is 17.0. The summed E-state index contributed by atoms with van der Waals surface area (Å²) in [6.45, 7) is 2.92. The number of halogens is 1. The van der Waals surface area contributed by atoms with E-state index in [4.69, 9.17) is 20.8 Å². The molecule has 1 aromatic carbocycles. The number of nitrogens with zero attached hydrogens (tertiary/aromatic N) is 2. The van der Waals surface area contributed by atoms with Crippen molar-refractivity contribution in [3.8, 4) is 17.4 Å². The van der Waals surface area contributed by atoms with Gasteiger partial charge in [-0.2, -0.15) is 5.26 Å². The first-order valence-electron chi connectivity index (χ1n) is 9.50. The Kier molecular flexibility index (Phi) is 6.73. The van der Waals surface area contributed by atoms with E-state index in [0.29, 0.717) is 16.5 Å². The molecule has 0 spiro atoms. The standard InChI is InChI=1S/C23H19ClN2O5/c1-14-19(12-18-8-9-21(31-18)16-4-6-17(24)7-5-16)22(28)26(23(29)20(14)13-25)10-3-11-30-15(2)27/h4-9,12H,3,10-11H2,1-2H3/b19-12+. The van der Waals surface area contributed by atoms with Crippen molar-refractivity contribution < 1.29 is 23.5 Å². The Bertz CT molecular complexity index is 1140. The Labute approximate surface area is 184 Å². The molecule has 0 saturated carbocycles. The molecule has 3 rings (SSSR count). The molecule has 0 atom stereocenters. The van der Waals surface area contributed by atoms with Gasteiger partial charge in [-0.25, -0.2) is 0 Å². The zero-order valence-corrected chi connectivity index (χ0v) is 17.7. The maximum atomic E-state index is 13.0. The van der Waals surface area contributed by atoms with Gasteiger partial charge in [0.05, 0.1) is 6.61 Å². The number of ether oxygens (including phenoxy) is 1. The third-order valence-electron chi connectivity index (χ3n) is 4.70. The van der Waals surface area contributed by atoms with Crippen LogP contribution in [-0.4, -0.2) is 35.8 Å². The van der Waals surface area contributed by atoms with E-state index in [1.807, 2.05) is 18.2 Å². The third kappa shape index (κ3) is 4.93. The van der Waals surface area contributed by atoms with Gasteiger partial charge >= 0.3 is 5.97 Å². The molecule has 1 aromatic heterocycles. The lowest BCUT2D eigenvalue weighted by Crippen LogP contribution is -2.43. The van der Waals surface area contributed by atoms with Crippen molar-refractivity contribution >= 4 is 35.5 Å². The van der Waals surface area contributed by atoms with Gasteiger partial charge in [-0.05, 0) is 61.4 Å². The third-order valence-corrected chi connectivity index (χ3v) is 4.95. The Morgan fingerprint density at radius 3 is 2.55 bits per heavy atom. The number of hydrogen-bond donors (Lipinski definition) is 0. The lowest BCUT2D eigenvalue weighted by molar-refractivity contribution is -0.141. The van der Waals surface area contributed by atoms with Crippen LogP contribution in [0.4, 0.5) is 0 Å². The van der Waals surface area contributed by atoms with Crippen LogP contribution in [0.15, 0.2) is 57.5 Å². The second-order valence-electron chi connectivity index (χ2n) is 6.83. The molecule has 1 aliphatic rings. The van der Waals surface area contributed by atoms with E-state index in [0.717, 1.165) is 10.5 Å². The first-order chi connectivity index (χ1) is 14.8. The van der Waals surface area contributed by atoms with E-state index >= 15 is 0 Å². The Morgan fingerprint density at radius 2 is 1.90 bits per heavy atom. The summed E-state index contributed by atoms with van der Waals surface area (Å²) in [6, 6.07) is 12.5. The summed E-state index contributed by atoms with van der Waals surface area (Å²) in [6.07, 6.45) is 1.78. The minimum atomic E-state index is -0.661. The van der Waals surface area contributed by atoms with Gasteiger partial charge in [0, 0.05) is 29.6 Å². The summed E-state index contributed by atoms with van der Waals surface area (Å²) in [4.78, 5) is 37.4. The quantitative estimate of drug-likeness (QED) is 0.290. The maximum absolute atomic E-state index is 13.0. The van der Waals surface area contributed by atoms with Gasteiger partial charge in [0.15, 0.2) is 0 Å². The average molecular weight is 439 g/mol. The number of benzene rings is 1. The van der Waals surface area contributed by atoms with Crippen LogP contribution in [0, 0.1) is 11.3 Å². The predicted octanol–water partition coefficient (Wildman–Crippen LogP) is 4.15. The highest BCUT2D eigenvalue weighted by molar-refractivity contribution is 6.30. The molecule has 0 radical (unpaired) electrons. The minimum Gasteiger partial charge on any atom is -0.466 e. The van der Waals surface area contributed by atoms with Crippen molar-refractivity contribution in [3.63, 3.8) is 0 Å². The largest absolute Gasteiger partial charge is 0.466 e. The van der Waals surface area contributed by atoms with Crippen LogP contribution in [0.25, 0.3) is 17.4 Å². The second kappa shape index (κ2) is 9.45. The van der Waals surface area contributed by atoms with E-state index in [9.17, 15) is 19.6 Å². The fourth-order valence-corrected chi connectivity index (χ4v) is 3.24. The fourth-order valence-electron chi connectivity index (χ4n) is 3.11. The topological polar surface area (TPSA) is 101 Å². The van der Waals surface area contributed by atoms with Crippen LogP contribution in [-0.2, 0) is 19.1 Å². The van der Waals surface area contributed by atoms with Crippen LogP contribution in [0.5, 0.6) is 0 Å². The van der Waals surface area contributed by atoms with Gasteiger partial charge in [-0.15, -0.1) is 0 Å². The summed E-state index contributed by atoms with van der Waals surface area (Å²) in [7, 11) is 0. The number of rotatable bonds is 6. The molecule has 7 nitrogen and oxygen atoms in total. The van der Waals surface area contributed by atoms with E-state index < -0.39 is 17.8 Å². The van der Waals surface area contributed by atoms with E-state index in [-0.39, 0.29) is 36.3 Å². The van der Waals surface area contributed by atoms with Crippen molar-refractivity contribution in [2.45, 2.75) is 20.3 Å². The summed E-state index contributed by atoms with van der Waals surface area (Å²) in [5, 5.41) is 10.0. The summed E-state index contributed by atoms with van der Waals surface area (Å²) in [5.74, 6) is -0.651. The highest BCUT2D eigenvalue weighted by Crippen LogP contribution is 2.29. The first kappa shape index (κ1) is 22.1. The molecule has 2 aromatic rings. The number of imide groups is 1. The van der Waals surface area contributed by atoms with Gasteiger partial charge in [-0.1, -0.05) is 11.6 Å². The molecular weight excluding hydrogens is 420 g/mol. The lowest BCUT2D eigenvalue weighted by Gasteiger charge is -2.27. The number of carbonyl (C=O) groups excluding carboxylic acids is 3. The highest BCUT2D eigenvalue weighted by Gasteiger charge is 2.35. The lowest BCUT2D eigenvalue weighted by atomic mass is 9.94. The molecule has 158 valence electrons. The normalized spacial score (nSPS) is 15.4. The molecule has 0 aliphatic carbocycles. The van der Waals surface area contributed by atoms with Gasteiger partial charge in [0.2, 0.25) is 0 Å². The van der Waals surface area contributed by atoms with Gasteiger partial charge < -0.3 is 9.15 Å². The maximum Gasteiger partial charge on any atom is 0.302 e. The average Bonchev–Trinajstić information content (AvgIpc) is 3.20. The SMILES string of the molecule is CC(=O)OCCCN1C(=O)C(C#N)=C(C)/C(=C\c2ccc(-c3ccc(Cl)cc3)o2)C1=O. The molecule has 1 aliphatic heterocycles. The minimum absolute atomic E-state index is 0.0227. The second-order valence-corrected chi connectivity index (χ2v) is 7.27. The number of esters is 1. The number of amides is 2. The Morgan fingerprint density at radius 1 is 1.19 bits per heavy atom. The Hall–Kier alpha value is -3.63. The van der Waals surface area contributed by atoms with Gasteiger partial charge in [-0.3, -0.25) is 19.3 Å². The van der Waals surface area contributed by atoms with Crippen LogP contribution >= 0.6 is 11.6 Å².